The lowest BCUT2D eigenvalue weighted by molar-refractivity contribution is -0.384. The Hall–Kier alpha value is -2.37. The van der Waals surface area contributed by atoms with Crippen LogP contribution < -0.4 is 5.32 Å². The maximum Gasteiger partial charge on any atom is 0.289 e. The summed E-state index contributed by atoms with van der Waals surface area (Å²) in [5.74, 6) is 0. The van der Waals surface area contributed by atoms with Gasteiger partial charge in [-0.15, -0.1) is 0 Å². The van der Waals surface area contributed by atoms with Gasteiger partial charge in [0.2, 0.25) is 0 Å². The molecular formula is C15H9Cl2N3O2. The van der Waals surface area contributed by atoms with Crippen molar-refractivity contribution in [3.05, 3.63) is 68.8 Å². The van der Waals surface area contributed by atoms with Crippen LogP contribution >= 0.6 is 23.2 Å². The lowest BCUT2D eigenvalue weighted by Crippen LogP contribution is -1.95. The van der Waals surface area contributed by atoms with E-state index in [0.717, 1.165) is 16.6 Å². The lowest BCUT2D eigenvalue weighted by atomic mass is 10.1. The second-order valence-electron chi connectivity index (χ2n) is 4.57. The SMILES string of the molecule is O=[N+]([O-])c1cc(Nc2ccnc3ccc(Cl)cc23)ccc1Cl. The number of halogens is 2. The molecule has 3 aromatic rings. The lowest BCUT2D eigenvalue weighted by Gasteiger charge is -2.10. The van der Waals surface area contributed by atoms with Crippen LogP contribution in [0.25, 0.3) is 10.9 Å². The van der Waals surface area contributed by atoms with Crippen molar-refractivity contribution in [2.24, 2.45) is 0 Å². The zero-order valence-corrected chi connectivity index (χ0v) is 12.6. The number of rotatable bonds is 3. The molecule has 2 aromatic carbocycles. The second kappa shape index (κ2) is 5.79. The zero-order chi connectivity index (χ0) is 15.7. The molecule has 0 atom stereocenters. The molecule has 0 radical (unpaired) electrons. The van der Waals surface area contributed by atoms with Gasteiger partial charge in [0.1, 0.15) is 5.02 Å². The van der Waals surface area contributed by atoms with E-state index in [1.165, 1.54) is 12.1 Å². The van der Waals surface area contributed by atoms with Gasteiger partial charge in [-0.3, -0.25) is 15.1 Å². The number of nitro benzene ring substituents is 1. The van der Waals surface area contributed by atoms with E-state index in [-0.39, 0.29) is 10.7 Å². The molecule has 0 aliphatic heterocycles. The van der Waals surface area contributed by atoms with E-state index in [9.17, 15) is 10.1 Å². The van der Waals surface area contributed by atoms with E-state index in [0.29, 0.717) is 10.7 Å². The summed E-state index contributed by atoms with van der Waals surface area (Å²) in [4.78, 5) is 14.7. The molecule has 0 saturated heterocycles. The summed E-state index contributed by atoms with van der Waals surface area (Å²) < 4.78 is 0. The van der Waals surface area contributed by atoms with Gasteiger partial charge >= 0.3 is 0 Å². The summed E-state index contributed by atoms with van der Waals surface area (Å²) in [6.07, 6.45) is 1.66. The van der Waals surface area contributed by atoms with Crippen molar-refractivity contribution in [1.82, 2.24) is 4.98 Å². The number of nitrogens with zero attached hydrogens (tertiary/aromatic N) is 2. The van der Waals surface area contributed by atoms with E-state index in [1.54, 1.807) is 30.5 Å². The molecule has 0 amide bonds. The first-order chi connectivity index (χ1) is 10.5. The molecule has 1 aromatic heterocycles. The van der Waals surface area contributed by atoms with E-state index < -0.39 is 4.92 Å². The summed E-state index contributed by atoms with van der Waals surface area (Å²) >= 11 is 11.8. The van der Waals surface area contributed by atoms with E-state index in [4.69, 9.17) is 23.2 Å². The van der Waals surface area contributed by atoms with Crippen LogP contribution in [0.3, 0.4) is 0 Å². The molecule has 0 spiro atoms. The van der Waals surface area contributed by atoms with Crippen molar-refractivity contribution < 1.29 is 4.92 Å². The molecule has 110 valence electrons. The average molecular weight is 334 g/mol. The third-order valence-electron chi connectivity index (χ3n) is 3.13. The van der Waals surface area contributed by atoms with Crippen molar-refractivity contribution in [2.45, 2.75) is 0 Å². The van der Waals surface area contributed by atoms with Crippen LogP contribution in [-0.4, -0.2) is 9.91 Å². The smallest absolute Gasteiger partial charge is 0.289 e. The zero-order valence-electron chi connectivity index (χ0n) is 11.1. The van der Waals surface area contributed by atoms with E-state index in [1.807, 2.05) is 6.07 Å². The van der Waals surface area contributed by atoms with Gasteiger partial charge in [-0.25, -0.2) is 0 Å². The van der Waals surface area contributed by atoms with Crippen LogP contribution in [0.5, 0.6) is 0 Å². The van der Waals surface area contributed by atoms with Crippen LogP contribution in [0, 0.1) is 10.1 Å². The Kier molecular flexibility index (Phi) is 3.83. The first kappa shape index (κ1) is 14.6. The quantitative estimate of drug-likeness (QED) is 0.528. The topological polar surface area (TPSA) is 68.1 Å². The minimum atomic E-state index is -0.519. The third kappa shape index (κ3) is 2.81. The minimum absolute atomic E-state index is 0.0955. The van der Waals surface area contributed by atoms with Gasteiger partial charge in [0.25, 0.3) is 5.69 Å². The van der Waals surface area contributed by atoms with Crippen LogP contribution in [0.4, 0.5) is 17.1 Å². The van der Waals surface area contributed by atoms with Gasteiger partial charge < -0.3 is 5.32 Å². The van der Waals surface area contributed by atoms with Gasteiger partial charge in [-0.05, 0) is 36.4 Å². The number of hydrogen-bond donors (Lipinski definition) is 1. The Labute approximate surface area is 135 Å². The van der Waals surface area contributed by atoms with Gasteiger partial charge in [0, 0.05) is 34.0 Å². The number of anilines is 2. The van der Waals surface area contributed by atoms with Crippen molar-refractivity contribution in [1.29, 1.82) is 0 Å². The fraction of sp³-hybridized carbons (Fsp3) is 0. The molecular weight excluding hydrogens is 325 g/mol. The Morgan fingerprint density at radius 3 is 2.68 bits per heavy atom. The predicted octanol–water partition coefficient (Wildman–Crippen LogP) is 5.19. The normalized spacial score (nSPS) is 10.6. The molecule has 0 unspecified atom stereocenters. The maximum atomic E-state index is 10.9. The van der Waals surface area contributed by atoms with Crippen LogP contribution in [0.15, 0.2) is 48.7 Å². The first-order valence-corrected chi connectivity index (χ1v) is 7.05. The second-order valence-corrected chi connectivity index (χ2v) is 5.41. The molecule has 0 saturated carbocycles. The van der Waals surface area contributed by atoms with Crippen LogP contribution in [-0.2, 0) is 0 Å². The molecule has 22 heavy (non-hydrogen) atoms. The molecule has 1 N–H and O–H groups in total. The van der Waals surface area contributed by atoms with Crippen molar-refractivity contribution >= 4 is 51.2 Å². The number of benzene rings is 2. The number of nitro groups is 1. The van der Waals surface area contributed by atoms with Gasteiger partial charge in [0.15, 0.2) is 0 Å². The molecule has 3 rings (SSSR count). The Bertz CT molecular complexity index is 884. The van der Waals surface area contributed by atoms with Crippen LogP contribution in [0.1, 0.15) is 0 Å². The highest BCUT2D eigenvalue weighted by atomic mass is 35.5. The molecule has 0 fully saturated rings. The summed E-state index contributed by atoms with van der Waals surface area (Å²) in [6.45, 7) is 0. The number of aromatic nitrogens is 1. The fourth-order valence-corrected chi connectivity index (χ4v) is 2.47. The summed E-state index contributed by atoms with van der Waals surface area (Å²) in [7, 11) is 0. The highest BCUT2D eigenvalue weighted by Gasteiger charge is 2.13. The van der Waals surface area contributed by atoms with Crippen molar-refractivity contribution in [2.75, 3.05) is 5.32 Å². The monoisotopic (exact) mass is 333 g/mol. The summed E-state index contributed by atoms with van der Waals surface area (Å²) in [5, 5.41) is 15.6. The van der Waals surface area contributed by atoms with Crippen LogP contribution in [0.2, 0.25) is 10.0 Å². The van der Waals surface area contributed by atoms with Crippen molar-refractivity contribution in [3.8, 4) is 0 Å². The Balaban J connectivity index is 2.05. The van der Waals surface area contributed by atoms with Crippen molar-refractivity contribution in [3.63, 3.8) is 0 Å². The van der Waals surface area contributed by atoms with Gasteiger partial charge in [-0.1, -0.05) is 23.2 Å². The average Bonchev–Trinajstić information content (AvgIpc) is 2.49. The Morgan fingerprint density at radius 1 is 1.09 bits per heavy atom. The first-order valence-electron chi connectivity index (χ1n) is 6.30. The van der Waals surface area contributed by atoms with Gasteiger partial charge in [0.05, 0.1) is 10.4 Å². The maximum absolute atomic E-state index is 10.9. The standard InChI is InChI=1S/C15H9Cl2N3O2/c16-9-1-4-13-11(7-9)14(5-6-18-13)19-10-2-3-12(17)15(8-10)20(21)22/h1-8H,(H,18,19). The highest BCUT2D eigenvalue weighted by Crippen LogP contribution is 2.31. The van der Waals surface area contributed by atoms with E-state index in [2.05, 4.69) is 10.3 Å². The highest BCUT2D eigenvalue weighted by molar-refractivity contribution is 6.32. The number of pyridine rings is 1. The number of fused-ring (bicyclic) bond motifs is 1. The largest absolute Gasteiger partial charge is 0.355 e. The minimum Gasteiger partial charge on any atom is -0.355 e. The number of nitrogens with one attached hydrogen (secondary N) is 1. The predicted molar refractivity (Wildman–Crippen MR) is 88.1 cm³/mol. The molecule has 0 aliphatic carbocycles. The Morgan fingerprint density at radius 2 is 1.91 bits per heavy atom. The number of hydrogen-bond acceptors (Lipinski definition) is 4. The molecule has 1 heterocycles. The molecule has 7 heteroatoms. The molecule has 0 bridgehead atoms. The fourth-order valence-electron chi connectivity index (χ4n) is 2.11. The van der Waals surface area contributed by atoms with E-state index >= 15 is 0 Å². The van der Waals surface area contributed by atoms with Gasteiger partial charge in [-0.2, -0.15) is 0 Å². The molecule has 5 nitrogen and oxygen atoms in total. The summed E-state index contributed by atoms with van der Waals surface area (Å²) in [5.41, 5.74) is 1.94. The molecule has 0 aliphatic rings. The summed E-state index contributed by atoms with van der Waals surface area (Å²) in [6, 6.07) is 11.7. The third-order valence-corrected chi connectivity index (χ3v) is 3.68.